The first-order valence-electron chi connectivity index (χ1n) is 7.84. The highest BCUT2D eigenvalue weighted by Crippen LogP contribution is 2.31. The third-order valence-corrected chi connectivity index (χ3v) is 4.59. The van der Waals surface area contributed by atoms with Crippen molar-refractivity contribution in [1.82, 2.24) is 0 Å². The fourth-order valence-electron chi connectivity index (χ4n) is 3.47. The number of anilines is 2. The van der Waals surface area contributed by atoms with E-state index in [1.54, 1.807) is 11.8 Å². The predicted octanol–water partition coefficient (Wildman–Crippen LogP) is 3.11. The Hall–Kier alpha value is -1.84. The SMILES string of the molecule is CC(=O)N1CCc2ccc(NC(=O)CC3CCCC3)cc21. The normalized spacial score (nSPS) is 17.9. The number of benzene rings is 1. The van der Waals surface area contributed by atoms with E-state index in [1.807, 2.05) is 18.2 Å². The lowest BCUT2D eigenvalue weighted by Gasteiger charge is -2.16. The first kappa shape index (κ1) is 14.1. The monoisotopic (exact) mass is 286 g/mol. The van der Waals surface area contributed by atoms with Crippen LogP contribution in [0.15, 0.2) is 18.2 Å². The maximum atomic E-state index is 12.1. The van der Waals surface area contributed by atoms with Crippen LogP contribution in [0.25, 0.3) is 0 Å². The molecule has 0 saturated heterocycles. The Balaban J connectivity index is 1.67. The highest BCUT2D eigenvalue weighted by molar-refractivity contribution is 5.96. The van der Waals surface area contributed by atoms with E-state index in [2.05, 4.69) is 5.32 Å². The van der Waals surface area contributed by atoms with Crippen molar-refractivity contribution in [3.63, 3.8) is 0 Å². The van der Waals surface area contributed by atoms with Crippen molar-refractivity contribution < 1.29 is 9.59 Å². The molecule has 0 bridgehead atoms. The summed E-state index contributed by atoms with van der Waals surface area (Å²) >= 11 is 0. The first-order chi connectivity index (χ1) is 10.1. The van der Waals surface area contributed by atoms with E-state index in [9.17, 15) is 9.59 Å². The zero-order chi connectivity index (χ0) is 14.8. The van der Waals surface area contributed by atoms with Gasteiger partial charge in [0.25, 0.3) is 0 Å². The van der Waals surface area contributed by atoms with Crippen LogP contribution < -0.4 is 10.2 Å². The van der Waals surface area contributed by atoms with E-state index in [1.165, 1.54) is 31.2 Å². The molecule has 21 heavy (non-hydrogen) atoms. The summed E-state index contributed by atoms with van der Waals surface area (Å²) in [6, 6.07) is 5.88. The summed E-state index contributed by atoms with van der Waals surface area (Å²) in [5, 5.41) is 2.98. The van der Waals surface area contributed by atoms with Crippen LogP contribution in [-0.4, -0.2) is 18.4 Å². The van der Waals surface area contributed by atoms with Gasteiger partial charge < -0.3 is 10.2 Å². The van der Waals surface area contributed by atoms with E-state index >= 15 is 0 Å². The molecule has 4 heteroatoms. The standard InChI is InChI=1S/C17H22N2O2/c1-12(20)19-9-8-14-6-7-15(11-16(14)19)18-17(21)10-13-4-2-3-5-13/h6-7,11,13H,2-5,8-10H2,1H3,(H,18,21). The molecule has 1 N–H and O–H groups in total. The smallest absolute Gasteiger partial charge is 0.224 e. The van der Waals surface area contributed by atoms with E-state index in [0.717, 1.165) is 24.3 Å². The summed E-state index contributed by atoms with van der Waals surface area (Å²) in [4.78, 5) is 25.5. The molecule has 1 fully saturated rings. The molecule has 1 aliphatic heterocycles. The van der Waals surface area contributed by atoms with Crippen molar-refractivity contribution in [2.75, 3.05) is 16.8 Å². The molecule has 1 aliphatic carbocycles. The summed E-state index contributed by atoms with van der Waals surface area (Å²) in [6.45, 7) is 2.32. The number of carbonyl (C=O) groups is 2. The Bertz CT molecular complexity index is 562. The van der Waals surface area contributed by atoms with Gasteiger partial charge in [-0.05, 0) is 42.9 Å². The van der Waals surface area contributed by atoms with Gasteiger partial charge in [-0.2, -0.15) is 0 Å². The maximum absolute atomic E-state index is 12.1. The molecule has 112 valence electrons. The molecule has 1 heterocycles. The number of amides is 2. The van der Waals surface area contributed by atoms with Crippen LogP contribution in [0.3, 0.4) is 0 Å². The average Bonchev–Trinajstić information content (AvgIpc) is 3.06. The molecule has 0 atom stereocenters. The number of nitrogens with zero attached hydrogens (tertiary/aromatic N) is 1. The number of carbonyl (C=O) groups excluding carboxylic acids is 2. The number of rotatable bonds is 3. The fourth-order valence-corrected chi connectivity index (χ4v) is 3.47. The van der Waals surface area contributed by atoms with Crippen LogP contribution in [0, 0.1) is 5.92 Å². The van der Waals surface area contributed by atoms with Gasteiger partial charge in [-0.25, -0.2) is 0 Å². The van der Waals surface area contributed by atoms with Gasteiger partial charge in [-0.15, -0.1) is 0 Å². The van der Waals surface area contributed by atoms with Crippen molar-refractivity contribution in [3.05, 3.63) is 23.8 Å². The fraction of sp³-hybridized carbons (Fsp3) is 0.529. The van der Waals surface area contributed by atoms with Crippen LogP contribution in [-0.2, 0) is 16.0 Å². The summed E-state index contributed by atoms with van der Waals surface area (Å²) in [6.07, 6.45) is 6.37. The minimum Gasteiger partial charge on any atom is -0.326 e. The van der Waals surface area contributed by atoms with Crippen molar-refractivity contribution in [2.45, 2.75) is 45.4 Å². The lowest BCUT2D eigenvalue weighted by molar-refractivity contribution is -0.117. The first-order valence-corrected chi connectivity index (χ1v) is 7.84. The molecule has 0 aromatic heterocycles. The summed E-state index contributed by atoms with van der Waals surface area (Å²) < 4.78 is 0. The largest absolute Gasteiger partial charge is 0.326 e. The number of hydrogen-bond donors (Lipinski definition) is 1. The molecule has 0 unspecified atom stereocenters. The molecule has 1 aromatic carbocycles. The molecule has 2 aliphatic rings. The van der Waals surface area contributed by atoms with Gasteiger partial charge >= 0.3 is 0 Å². The summed E-state index contributed by atoms with van der Waals surface area (Å²) in [7, 11) is 0. The Morgan fingerprint density at radius 1 is 1.29 bits per heavy atom. The highest BCUT2D eigenvalue weighted by Gasteiger charge is 2.23. The van der Waals surface area contributed by atoms with E-state index < -0.39 is 0 Å². The van der Waals surface area contributed by atoms with Crippen LogP contribution in [0.2, 0.25) is 0 Å². The molecule has 4 nitrogen and oxygen atoms in total. The number of nitrogens with one attached hydrogen (secondary N) is 1. The number of fused-ring (bicyclic) bond motifs is 1. The second-order valence-corrected chi connectivity index (χ2v) is 6.17. The lowest BCUT2D eigenvalue weighted by atomic mass is 10.0. The van der Waals surface area contributed by atoms with Crippen molar-refractivity contribution in [3.8, 4) is 0 Å². The summed E-state index contributed by atoms with van der Waals surface area (Å²) in [5.74, 6) is 0.700. The van der Waals surface area contributed by atoms with Gasteiger partial charge in [-0.1, -0.05) is 18.9 Å². The molecular weight excluding hydrogens is 264 g/mol. The number of hydrogen-bond acceptors (Lipinski definition) is 2. The zero-order valence-corrected chi connectivity index (χ0v) is 12.5. The Morgan fingerprint density at radius 3 is 2.76 bits per heavy atom. The Morgan fingerprint density at radius 2 is 2.05 bits per heavy atom. The van der Waals surface area contributed by atoms with Gasteiger partial charge in [0.05, 0.1) is 0 Å². The zero-order valence-electron chi connectivity index (χ0n) is 12.5. The van der Waals surface area contributed by atoms with Crippen LogP contribution in [0.1, 0.15) is 44.6 Å². The van der Waals surface area contributed by atoms with Crippen LogP contribution in [0.5, 0.6) is 0 Å². The molecule has 0 radical (unpaired) electrons. The van der Waals surface area contributed by atoms with Gasteiger partial charge in [0.15, 0.2) is 0 Å². The van der Waals surface area contributed by atoms with Crippen molar-refractivity contribution in [1.29, 1.82) is 0 Å². The van der Waals surface area contributed by atoms with E-state index in [4.69, 9.17) is 0 Å². The van der Waals surface area contributed by atoms with Gasteiger partial charge in [-0.3, -0.25) is 9.59 Å². The molecule has 0 spiro atoms. The minimum absolute atomic E-state index is 0.0585. The minimum atomic E-state index is 0.0585. The highest BCUT2D eigenvalue weighted by atomic mass is 16.2. The van der Waals surface area contributed by atoms with Gasteiger partial charge in [0, 0.05) is 31.3 Å². The molecule has 1 saturated carbocycles. The molecule has 2 amide bonds. The predicted molar refractivity (Wildman–Crippen MR) is 83.4 cm³/mol. The summed E-state index contributed by atoms with van der Waals surface area (Å²) in [5.41, 5.74) is 2.92. The van der Waals surface area contributed by atoms with Gasteiger partial charge in [0.1, 0.15) is 0 Å². The van der Waals surface area contributed by atoms with Crippen LogP contribution in [0.4, 0.5) is 11.4 Å². The van der Waals surface area contributed by atoms with Gasteiger partial charge in [0.2, 0.25) is 11.8 Å². The molecule has 3 rings (SSSR count). The topological polar surface area (TPSA) is 49.4 Å². The second-order valence-electron chi connectivity index (χ2n) is 6.17. The molecular formula is C17H22N2O2. The van der Waals surface area contributed by atoms with Crippen LogP contribution >= 0.6 is 0 Å². The molecule has 1 aromatic rings. The average molecular weight is 286 g/mol. The quantitative estimate of drug-likeness (QED) is 0.928. The maximum Gasteiger partial charge on any atom is 0.224 e. The third-order valence-electron chi connectivity index (χ3n) is 4.59. The lowest BCUT2D eigenvalue weighted by Crippen LogP contribution is -2.25. The van der Waals surface area contributed by atoms with E-state index in [-0.39, 0.29) is 11.8 Å². The van der Waals surface area contributed by atoms with E-state index in [0.29, 0.717) is 12.3 Å². The Kier molecular flexibility index (Phi) is 3.95. The van der Waals surface area contributed by atoms with Crippen molar-refractivity contribution >= 4 is 23.2 Å². The van der Waals surface area contributed by atoms with Crippen molar-refractivity contribution in [2.24, 2.45) is 5.92 Å². The third kappa shape index (κ3) is 3.09. The second kappa shape index (κ2) is 5.88. The Labute approximate surface area is 125 Å².